The molecular weight excluding hydrogens is 334 g/mol. The Labute approximate surface area is 161 Å². The second kappa shape index (κ2) is 8.21. The van der Waals surface area contributed by atoms with Gasteiger partial charge in [0, 0.05) is 16.9 Å². The number of aromatic nitrogens is 2. The number of benzene rings is 2. The van der Waals surface area contributed by atoms with E-state index in [-0.39, 0.29) is 5.91 Å². The fraction of sp³-hybridized carbons (Fsp3) is 0.304. The fourth-order valence-electron chi connectivity index (χ4n) is 3.36. The summed E-state index contributed by atoms with van der Waals surface area (Å²) < 4.78 is 1.98. The Morgan fingerprint density at radius 3 is 2.15 bits per heavy atom. The molecule has 0 aliphatic heterocycles. The molecule has 140 valence electrons. The van der Waals surface area contributed by atoms with Crippen molar-refractivity contribution in [3.63, 3.8) is 0 Å². The Morgan fingerprint density at radius 1 is 1.00 bits per heavy atom. The van der Waals surface area contributed by atoms with Crippen LogP contribution in [0, 0.1) is 13.8 Å². The number of hydrogen-bond donors (Lipinski definition) is 1. The van der Waals surface area contributed by atoms with E-state index in [1.54, 1.807) is 0 Å². The van der Waals surface area contributed by atoms with E-state index in [0.29, 0.717) is 12.1 Å². The molecule has 0 unspecified atom stereocenters. The van der Waals surface area contributed by atoms with Crippen molar-refractivity contribution < 1.29 is 4.79 Å². The zero-order valence-electron chi connectivity index (χ0n) is 16.5. The Hall–Kier alpha value is -2.88. The van der Waals surface area contributed by atoms with Crippen LogP contribution in [0.2, 0.25) is 0 Å². The van der Waals surface area contributed by atoms with Crippen LogP contribution >= 0.6 is 0 Å². The van der Waals surface area contributed by atoms with Gasteiger partial charge in [0.25, 0.3) is 5.91 Å². The number of rotatable bonds is 6. The van der Waals surface area contributed by atoms with Gasteiger partial charge in [0.15, 0.2) is 0 Å². The summed E-state index contributed by atoms with van der Waals surface area (Å²) in [5, 5.41) is 7.62. The lowest BCUT2D eigenvalue weighted by atomic mass is 10.0. The summed E-state index contributed by atoms with van der Waals surface area (Å²) in [6.45, 7) is 8.98. The summed E-state index contributed by atoms with van der Waals surface area (Å²) in [4.78, 5) is 12.7. The van der Waals surface area contributed by atoms with Crippen molar-refractivity contribution in [2.75, 3.05) is 5.32 Å². The first-order valence-electron chi connectivity index (χ1n) is 9.54. The van der Waals surface area contributed by atoms with Crippen LogP contribution in [0.4, 0.5) is 5.69 Å². The van der Waals surface area contributed by atoms with Gasteiger partial charge < -0.3 is 5.32 Å². The van der Waals surface area contributed by atoms with Crippen molar-refractivity contribution in [2.45, 2.75) is 47.1 Å². The van der Waals surface area contributed by atoms with Crippen LogP contribution < -0.4 is 5.32 Å². The highest BCUT2D eigenvalue weighted by Crippen LogP contribution is 2.23. The number of carbonyl (C=O) groups is 1. The molecule has 27 heavy (non-hydrogen) atoms. The van der Waals surface area contributed by atoms with E-state index in [4.69, 9.17) is 0 Å². The molecule has 1 aromatic heterocycles. The van der Waals surface area contributed by atoms with Crippen molar-refractivity contribution in [1.29, 1.82) is 0 Å². The van der Waals surface area contributed by atoms with Gasteiger partial charge in [-0.1, -0.05) is 44.2 Å². The third-order valence-electron chi connectivity index (χ3n) is 4.89. The van der Waals surface area contributed by atoms with Gasteiger partial charge >= 0.3 is 0 Å². The number of nitrogens with one attached hydrogen (secondary N) is 1. The first-order chi connectivity index (χ1) is 13.0. The Morgan fingerprint density at radius 2 is 1.63 bits per heavy atom. The Balaban J connectivity index is 1.76. The third kappa shape index (κ3) is 4.27. The first-order valence-corrected chi connectivity index (χ1v) is 9.54. The van der Waals surface area contributed by atoms with Crippen LogP contribution in [0.5, 0.6) is 0 Å². The van der Waals surface area contributed by atoms with Crippen molar-refractivity contribution in [2.24, 2.45) is 0 Å². The first kappa shape index (κ1) is 18.9. The van der Waals surface area contributed by atoms with E-state index in [9.17, 15) is 4.79 Å². The summed E-state index contributed by atoms with van der Waals surface area (Å²) >= 11 is 0. The van der Waals surface area contributed by atoms with Gasteiger partial charge in [0.2, 0.25) is 0 Å². The Bertz CT molecular complexity index is 917. The average molecular weight is 361 g/mol. The molecule has 1 amide bonds. The minimum Gasteiger partial charge on any atom is -0.321 e. The highest BCUT2D eigenvalue weighted by Gasteiger charge is 2.12. The molecule has 0 fully saturated rings. The molecule has 1 heterocycles. The summed E-state index contributed by atoms with van der Waals surface area (Å²) in [6, 6.07) is 16.0. The largest absolute Gasteiger partial charge is 0.321 e. The lowest BCUT2D eigenvalue weighted by Gasteiger charge is -2.14. The fourth-order valence-corrected chi connectivity index (χ4v) is 3.36. The number of carbonyl (C=O) groups excluding carboxylic acids is 1. The average Bonchev–Trinajstić information content (AvgIpc) is 2.99. The van der Waals surface area contributed by atoms with Gasteiger partial charge in [-0.2, -0.15) is 5.10 Å². The number of nitrogens with zero attached hydrogens (tertiary/aromatic N) is 2. The summed E-state index contributed by atoms with van der Waals surface area (Å²) in [5.41, 5.74) is 7.25. The minimum atomic E-state index is -0.0664. The molecule has 4 nitrogen and oxygen atoms in total. The lowest BCUT2D eigenvalue weighted by molar-refractivity contribution is 0.102. The van der Waals surface area contributed by atoms with Crippen LogP contribution in [0.3, 0.4) is 0 Å². The van der Waals surface area contributed by atoms with E-state index < -0.39 is 0 Å². The van der Waals surface area contributed by atoms with Gasteiger partial charge in [0.1, 0.15) is 0 Å². The number of para-hydroxylation sites is 1. The summed E-state index contributed by atoms with van der Waals surface area (Å²) in [6.07, 6.45) is 1.79. The van der Waals surface area contributed by atoms with E-state index >= 15 is 0 Å². The predicted molar refractivity (Wildman–Crippen MR) is 110 cm³/mol. The molecule has 0 bridgehead atoms. The smallest absolute Gasteiger partial charge is 0.255 e. The monoisotopic (exact) mass is 361 g/mol. The molecule has 0 radical (unpaired) electrons. The quantitative estimate of drug-likeness (QED) is 0.677. The molecule has 0 saturated heterocycles. The van der Waals surface area contributed by atoms with E-state index in [1.807, 2.05) is 35.9 Å². The van der Waals surface area contributed by atoms with Crippen molar-refractivity contribution >= 4 is 11.6 Å². The molecule has 0 aliphatic rings. The zero-order chi connectivity index (χ0) is 19.4. The highest BCUT2D eigenvalue weighted by atomic mass is 16.1. The van der Waals surface area contributed by atoms with Crippen LogP contribution in [0.15, 0.2) is 48.5 Å². The van der Waals surface area contributed by atoms with E-state index in [1.165, 1.54) is 11.1 Å². The van der Waals surface area contributed by atoms with Crippen molar-refractivity contribution in [3.05, 3.63) is 82.2 Å². The van der Waals surface area contributed by atoms with E-state index in [0.717, 1.165) is 35.5 Å². The molecule has 0 aliphatic carbocycles. The lowest BCUT2D eigenvalue weighted by Crippen LogP contribution is -2.15. The predicted octanol–water partition coefficient (Wildman–Crippen LogP) is 4.93. The highest BCUT2D eigenvalue weighted by molar-refractivity contribution is 6.05. The van der Waals surface area contributed by atoms with Crippen LogP contribution in [0.25, 0.3) is 0 Å². The maximum absolute atomic E-state index is 12.7. The number of hydrogen-bond acceptors (Lipinski definition) is 2. The van der Waals surface area contributed by atoms with Crippen LogP contribution in [0.1, 0.15) is 52.3 Å². The molecule has 3 aromatic rings. The number of anilines is 1. The van der Waals surface area contributed by atoms with Crippen molar-refractivity contribution in [3.8, 4) is 0 Å². The molecular formula is C23H27N3O. The number of aryl methyl sites for hydroxylation is 4. The molecule has 0 saturated carbocycles. The van der Waals surface area contributed by atoms with Gasteiger partial charge in [-0.05, 0) is 61.6 Å². The molecule has 0 spiro atoms. The number of amides is 1. The SMILES string of the molecule is CCc1cccc(CC)c1NC(=O)c1ccc(Cn2nc(C)cc2C)cc1. The molecule has 1 N–H and O–H groups in total. The summed E-state index contributed by atoms with van der Waals surface area (Å²) in [7, 11) is 0. The second-order valence-corrected chi connectivity index (χ2v) is 6.89. The Kier molecular flexibility index (Phi) is 5.75. The van der Waals surface area contributed by atoms with Crippen LogP contribution in [-0.4, -0.2) is 15.7 Å². The second-order valence-electron chi connectivity index (χ2n) is 6.89. The van der Waals surface area contributed by atoms with Gasteiger partial charge in [-0.15, -0.1) is 0 Å². The maximum Gasteiger partial charge on any atom is 0.255 e. The molecule has 4 heteroatoms. The normalized spacial score (nSPS) is 10.8. The molecule has 0 atom stereocenters. The van der Waals surface area contributed by atoms with Gasteiger partial charge in [-0.25, -0.2) is 0 Å². The topological polar surface area (TPSA) is 46.9 Å². The van der Waals surface area contributed by atoms with Gasteiger partial charge in [0.05, 0.1) is 12.2 Å². The van der Waals surface area contributed by atoms with Crippen LogP contribution in [-0.2, 0) is 19.4 Å². The van der Waals surface area contributed by atoms with E-state index in [2.05, 4.69) is 55.5 Å². The minimum absolute atomic E-state index is 0.0664. The molecule has 2 aromatic carbocycles. The standard InChI is InChI=1S/C23H27N3O/c1-5-19-8-7-9-20(6-2)22(19)24-23(27)21-12-10-18(11-13-21)15-26-17(4)14-16(3)25-26/h7-14H,5-6,15H2,1-4H3,(H,24,27). The molecule has 3 rings (SSSR count). The summed E-state index contributed by atoms with van der Waals surface area (Å²) in [5.74, 6) is -0.0664. The van der Waals surface area contributed by atoms with Gasteiger partial charge in [-0.3, -0.25) is 9.48 Å². The third-order valence-corrected chi connectivity index (χ3v) is 4.89. The van der Waals surface area contributed by atoms with Crippen molar-refractivity contribution in [1.82, 2.24) is 9.78 Å². The maximum atomic E-state index is 12.7. The zero-order valence-corrected chi connectivity index (χ0v) is 16.5.